The lowest BCUT2D eigenvalue weighted by atomic mass is 9.99. The average molecular weight is 300 g/mol. The second-order valence-electron chi connectivity index (χ2n) is 5.81. The van der Waals surface area contributed by atoms with Gasteiger partial charge in [0, 0.05) is 28.5 Å². The second kappa shape index (κ2) is 6.63. The summed E-state index contributed by atoms with van der Waals surface area (Å²) in [6.07, 6.45) is 2.50. The number of rotatable bonds is 5. The Kier molecular flexibility index (Phi) is 4.61. The first-order chi connectivity index (χ1) is 10.3. The minimum Gasteiger partial charge on any atom is -0.366 e. The molecule has 0 radical (unpaired) electrons. The molecule has 0 unspecified atom stereocenters. The van der Waals surface area contributed by atoms with Gasteiger partial charge >= 0.3 is 0 Å². The van der Waals surface area contributed by atoms with Gasteiger partial charge in [0.1, 0.15) is 0 Å². The quantitative estimate of drug-likeness (QED) is 0.893. The minimum atomic E-state index is 0.997. The van der Waals surface area contributed by atoms with Gasteiger partial charge in [-0.1, -0.05) is 24.6 Å². The Hall–Kier alpha value is -1.32. The molecular formula is C18H24N2S. The Bertz CT molecular complexity index is 603. The van der Waals surface area contributed by atoms with Crippen LogP contribution in [-0.2, 0) is 19.5 Å². The molecule has 3 rings (SSSR count). The van der Waals surface area contributed by atoms with E-state index in [1.54, 1.807) is 0 Å². The number of thiophene rings is 1. The van der Waals surface area contributed by atoms with Crippen molar-refractivity contribution < 1.29 is 0 Å². The number of nitrogens with one attached hydrogen (secondary N) is 1. The molecule has 0 atom stereocenters. The predicted molar refractivity (Wildman–Crippen MR) is 92.2 cm³/mol. The van der Waals surface area contributed by atoms with Crippen molar-refractivity contribution in [2.45, 2.75) is 39.8 Å². The molecule has 0 fully saturated rings. The lowest BCUT2D eigenvalue weighted by molar-refractivity contribution is 0.694. The van der Waals surface area contributed by atoms with Gasteiger partial charge in [-0.25, -0.2) is 0 Å². The zero-order valence-corrected chi connectivity index (χ0v) is 13.8. The third-order valence-corrected chi connectivity index (χ3v) is 5.13. The highest BCUT2D eigenvalue weighted by Gasteiger charge is 2.17. The molecular weight excluding hydrogens is 276 g/mol. The Morgan fingerprint density at radius 1 is 1.19 bits per heavy atom. The minimum absolute atomic E-state index is 0.997. The van der Waals surface area contributed by atoms with Gasteiger partial charge in [-0.05, 0) is 50.1 Å². The summed E-state index contributed by atoms with van der Waals surface area (Å²) < 4.78 is 0. The van der Waals surface area contributed by atoms with E-state index < -0.39 is 0 Å². The Labute approximate surface area is 131 Å². The number of hydrogen-bond donors (Lipinski definition) is 1. The first-order valence-electron chi connectivity index (χ1n) is 7.89. The maximum Gasteiger partial charge on any atom is 0.0523 e. The molecule has 21 heavy (non-hydrogen) atoms. The van der Waals surface area contributed by atoms with Crippen molar-refractivity contribution in [2.75, 3.05) is 18.0 Å². The van der Waals surface area contributed by atoms with Crippen molar-refractivity contribution >= 4 is 17.0 Å². The van der Waals surface area contributed by atoms with Crippen LogP contribution in [0.5, 0.6) is 0 Å². The molecule has 0 saturated carbocycles. The fourth-order valence-corrected chi connectivity index (χ4v) is 4.01. The molecule has 1 aliphatic heterocycles. The van der Waals surface area contributed by atoms with Gasteiger partial charge in [0.2, 0.25) is 0 Å². The molecule has 2 aromatic rings. The molecule has 0 bridgehead atoms. The average Bonchev–Trinajstić information content (AvgIpc) is 2.92. The van der Waals surface area contributed by atoms with E-state index in [0.29, 0.717) is 0 Å². The van der Waals surface area contributed by atoms with Crippen molar-refractivity contribution in [3.63, 3.8) is 0 Å². The molecule has 0 aliphatic carbocycles. The van der Waals surface area contributed by atoms with Crippen LogP contribution in [0.15, 0.2) is 30.3 Å². The monoisotopic (exact) mass is 300 g/mol. The SMILES string of the molecule is CCNCc1ccc(CN2CCCc3cc(C)ccc32)s1. The molecule has 3 heteroatoms. The molecule has 0 saturated heterocycles. The first-order valence-corrected chi connectivity index (χ1v) is 8.70. The van der Waals surface area contributed by atoms with Gasteiger partial charge in [0.15, 0.2) is 0 Å². The maximum absolute atomic E-state index is 3.40. The summed E-state index contributed by atoms with van der Waals surface area (Å²) in [6, 6.07) is 11.5. The second-order valence-corrected chi connectivity index (χ2v) is 7.06. The fourth-order valence-electron chi connectivity index (χ4n) is 3.01. The number of fused-ring (bicyclic) bond motifs is 1. The molecule has 1 aliphatic rings. The fraction of sp³-hybridized carbons (Fsp3) is 0.444. The summed E-state index contributed by atoms with van der Waals surface area (Å²) in [7, 11) is 0. The normalized spacial score (nSPS) is 14.3. The highest BCUT2D eigenvalue weighted by Crippen LogP contribution is 2.30. The third kappa shape index (κ3) is 3.47. The highest BCUT2D eigenvalue weighted by molar-refractivity contribution is 7.12. The number of nitrogens with zero attached hydrogens (tertiary/aromatic N) is 1. The van der Waals surface area contributed by atoms with Crippen molar-refractivity contribution in [3.05, 3.63) is 51.2 Å². The van der Waals surface area contributed by atoms with Crippen molar-refractivity contribution in [2.24, 2.45) is 0 Å². The van der Waals surface area contributed by atoms with Gasteiger partial charge in [-0.3, -0.25) is 0 Å². The van der Waals surface area contributed by atoms with Crippen LogP contribution in [0.2, 0.25) is 0 Å². The van der Waals surface area contributed by atoms with Crippen molar-refractivity contribution in [1.82, 2.24) is 5.32 Å². The zero-order valence-electron chi connectivity index (χ0n) is 13.0. The highest BCUT2D eigenvalue weighted by atomic mass is 32.1. The van der Waals surface area contributed by atoms with E-state index in [9.17, 15) is 0 Å². The lowest BCUT2D eigenvalue weighted by Crippen LogP contribution is -2.28. The van der Waals surface area contributed by atoms with E-state index in [0.717, 1.165) is 19.6 Å². The van der Waals surface area contributed by atoms with Crippen molar-refractivity contribution in [3.8, 4) is 0 Å². The van der Waals surface area contributed by atoms with Gasteiger partial charge in [0.05, 0.1) is 6.54 Å². The number of anilines is 1. The number of hydrogen-bond acceptors (Lipinski definition) is 3. The number of aryl methyl sites for hydroxylation is 2. The van der Waals surface area contributed by atoms with Crippen LogP contribution in [0.3, 0.4) is 0 Å². The van der Waals surface area contributed by atoms with E-state index in [4.69, 9.17) is 0 Å². The third-order valence-electron chi connectivity index (χ3n) is 4.06. The van der Waals surface area contributed by atoms with Gasteiger partial charge in [-0.2, -0.15) is 0 Å². The number of benzene rings is 1. The summed E-state index contributed by atoms with van der Waals surface area (Å²) in [5, 5.41) is 3.40. The van der Waals surface area contributed by atoms with Crippen LogP contribution >= 0.6 is 11.3 Å². The Morgan fingerprint density at radius 3 is 2.90 bits per heavy atom. The van der Waals surface area contributed by atoms with E-state index in [2.05, 4.69) is 54.4 Å². The molecule has 1 aromatic carbocycles. The summed E-state index contributed by atoms with van der Waals surface area (Å²) in [5.41, 5.74) is 4.33. The molecule has 2 heterocycles. The van der Waals surface area contributed by atoms with Crippen LogP contribution in [-0.4, -0.2) is 13.1 Å². The molecule has 2 nitrogen and oxygen atoms in total. The lowest BCUT2D eigenvalue weighted by Gasteiger charge is -2.31. The molecule has 1 N–H and O–H groups in total. The standard InChI is InChI=1S/C18H24N2S/c1-3-19-12-16-7-8-17(21-16)13-20-10-4-5-15-11-14(2)6-9-18(15)20/h6-9,11,19H,3-5,10,12-13H2,1-2H3. The molecule has 0 amide bonds. The topological polar surface area (TPSA) is 15.3 Å². The summed E-state index contributed by atoms with van der Waals surface area (Å²) in [6.45, 7) is 8.60. The maximum atomic E-state index is 3.40. The van der Waals surface area contributed by atoms with Crippen LogP contribution in [0.1, 0.15) is 34.2 Å². The molecule has 1 aromatic heterocycles. The van der Waals surface area contributed by atoms with Gasteiger partial charge in [0.25, 0.3) is 0 Å². The van der Waals surface area contributed by atoms with Crippen LogP contribution in [0, 0.1) is 6.92 Å². The summed E-state index contributed by atoms with van der Waals surface area (Å²) in [4.78, 5) is 5.45. The molecule has 112 valence electrons. The smallest absolute Gasteiger partial charge is 0.0523 e. The Morgan fingerprint density at radius 2 is 2.05 bits per heavy atom. The predicted octanol–water partition coefficient (Wildman–Crippen LogP) is 4.12. The summed E-state index contributed by atoms with van der Waals surface area (Å²) >= 11 is 1.94. The van der Waals surface area contributed by atoms with Crippen LogP contribution in [0.25, 0.3) is 0 Å². The van der Waals surface area contributed by atoms with E-state index in [1.165, 1.54) is 46.0 Å². The summed E-state index contributed by atoms with van der Waals surface area (Å²) in [5.74, 6) is 0. The first kappa shape index (κ1) is 14.6. The van der Waals surface area contributed by atoms with E-state index in [1.807, 2.05) is 11.3 Å². The zero-order chi connectivity index (χ0) is 14.7. The van der Waals surface area contributed by atoms with E-state index >= 15 is 0 Å². The van der Waals surface area contributed by atoms with Crippen molar-refractivity contribution in [1.29, 1.82) is 0 Å². The van der Waals surface area contributed by atoms with E-state index in [-0.39, 0.29) is 0 Å². The van der Waals surface area contributed by atoms with Crippen LogP contribution in [0.4, 0.5) is 5.69 Å². The molecule has 0 spiro atoms. The van der Waals surface area contributed by atoms with Gasteiger partial charge < -0.3 is 10.2 Å². The Balaban J connectivity index is 1.73. The van der Waals surface area contributed by atoms with Crippen LogP contribution < -0.4 is 10.2 Å². The van der Waals surface area contributed by atoms with Gasteiger partial charge in [-0.15, -0.1) is 11.3 Å². The largest absolute Gasteiger partial charge is 0.366 e.